The van der Waals surface area contributed by atoms with Crippen molar-refractivity contribution in [1.29, 1.82) is 0 Å². The van der Waals surface area contributed by atoms with E-state index in [1.165, 1.54) is 0 Å². The zero-order chi connectivity index (χ0) is 14.7. The lowest BCUT2D eigenvalue weighted by atomic mass is 9.97. The van der Waals surface area contributed by atoms with E-state index in [2.05, 4.69) is 15.6 Å². The van der Waals surface area contributed by atoms with Crippen LogP contribution in [0.3, 0.4) is 0 Å². The number of anilines is 1. The van der Waals surface area contributed by atoms with Gasteiger partial charge in [0.15, 0.2) is 0 Å². The molecule has 2 aromatic rings. The van der Waals surface area contributed by atoms with E-state index in [9.17, 15) is 4.79 Å². The standard InChI is InChI=1S/C17H19N3O/c1-12-10-18-9-7-13(12)11-20-17(21)15-4-2-6-16-14(15)5-3-8-19-16/h2,4,6-7,9-10,19H,3,5,8,11H2,1H3,(H,20,21). The second-order valence-corrected chi connectivity index (χ2v) is 5.35. The molecular weight excluding hydrogens is 262 g/mol. The van der Waals surface area contributed by atoms with Gasteiger partial charge in [-0.1, -0.05) is 6.07 Å². The first-order chi connectivity index (χ1) is 10.3. The molecule has 0 aliphatic carbocycles. The first-order valence-corrected chi connectivity index (χ1v) is 7.29. The van der Waals surface area contributed by atoms with E-state index in [0.29, 0.717) is 6.54 Å². The lowest BCUT2D eigenvalue weighted by Gasteiger charge is -2.20. The van der Waals surface area contributed by atoms with E-state index in [0.717, 1.165) is 47.3 Å². The third-order valence-corrected chi connectivity index (χ3v) is 3.92. The van der Waals surface area contributed by atoms with E-state index >= 15 is 0 Å². The fourth-order valence-electron chi connectivity index (χ4n) is 2.69. The summed E-state index contributed by atoms with van der Waals surface area (Å²) in [7, 11) is 0. The van der Waals surface area contributed by atoms with Gasteiger partial charge in [-0.25, -0.2) is 0 Å². The Kier molecular flexibility index (Phi) is 3.86. The number of aryl methyl sites for hydroxylation is 1. The fraction of sp³-hybridized carbons (Fsp3) is 0.294. The Morgan fingerprint density at radius 3 is 3.14 bits per heavy atom. The fourth-order valence-corrected chi connectivity index (χ4v) is 2.69. The van der Waals surface area contributed by atoms with Gasteiger partial charge >= 0.3 is 0 Å². The van der Waals surface area contributed by atoms with Crippen LogP contribution in [-0.2, 0) is 13.0 Å². The van der Waals surface area contributed by atoms with Gasteiger partial charge in [0.25, 0.3) is 5.91 Å². The Morgan fingerprint density at radius 2 is 2.29 bits per heavy atom. The van der Waals surface area contributed by atoms with Crippen LogP contribution in [0.25, 0.3) is 0 Å². The quantitative estimate of drug-likeness (QED) is 0.909. The topological polar surface area (TPSA) is 54.0 Å². The summed E-state index contributed by atoms with van der Waals surface area (Å²) in [6.07, 6.45) is 5.60. The van der Waals surface area contributed by atoms with E-state index in [1.54, 1.807) is 6.20 Å². The van der Waals surface area contributed by atoms with Crippen LogP contribution in [0.15, 0.2) is 36.7 Å². The Labute approximate surface area is 124 Å². The van der Waals surface area contributed by atoms with Crippen molar-refractivity contribution < 1.29 is 4.79 Å². The second kappa shape index (κ2) is 5.95. The number of hydrogen-bond donors (Lipinski definition) is 2. The SMILES string of the molecule is Cc1cnccc1CNC(=O)c1cccc2c1CCCN2. The summed E-state index contributed by atoms with van der Waals surface area (Å²) in [6, 6.07) is 7.82. The van der Waals surface area contributed by atoms with E-state index in [-0.39, 0.29) is 5.91 Å². The number of fused-ring (bicyclic) bond motifs is 1. The smallest absolute Gasteiger partial charge is 0.251 e. The molecule has 0 saturated heterocycles. The molecule has 0 bridgehead atoms. The van der Waals surface area contributed by atoms with Crippen LogP contribution in [-0.4, -0.2) is 17.4 Å². The van der Waals surface area contributed by atoms with Crippen molar-refractivity contribution in [2.45, 2.75) is 26.3 Å². The van der Waals surface area contributed by atoms with Crippen LogP contribution in [0.1, 0.15) is 33.5 Å². The molecule has 1 aromatic heterocycles. The maximum Gasteiger partial charge on any atom is 0.251 e. The molecule has 0 saturated carbocycles. The van der Waals surface area contributed by atoms with Gasteiger partial charge < -0.3 is 10.6 Å². The predicted octanol–water partition coefficient (Wildman–Crippen LogP) is 2.68. The summed E-state index contributed by atoms with van der Waals surface area (Å²) >= 11 is 0. The summed E-state index contributed by atoms with van der Waals surface area (Å²) in [5, 5.41) is 6.36. The van der Waals surface area contributed by atoms with Crippen molar-refractivity contribution in [3.05, 3.63) is 58.9 Å². The minimum atomic E-state index is -0.00763. The molecule has 2 heterocycles. The number of aromatic nitrogens is 1. The minimum Gasteiger partial charge on any atom is -0.385 e. The largest absolute Gasteiger partial charge is 0.385 e. The highest BCUT2D eigenvalue weighted by Gasteiger charge is 2.17. The lowest BCUT2D eigenvalue weighted by Crippen LogP contribution is -2.26. The van der Waals surface area contributed by atoms with Crippen LogP contribution in [0, 0.1) is 6.92 Å². The van der Waals surface area contributed by atoms with Crippen molar-refractivity contribution in [1.82, 2.24) is 10.3 Å². The maximum absolute atomic E-state index is 12.4. The van der Waals surface area contributed by atoms with Crippen LogP contribution in [0.2, 0.25) is 0 Å². The van der Waals surface area contributed by atoms with Crippen molar-refractivity contribution in [3.63, 3.8) is 0 Å². The summed E-state index contributed by atoms with van der Waals surface area (Å²) in [4.78, 5) is 16.5. The summed E-state index contributed by atoms with van der Waals surface area (Å²) in [6.45, 7) is 3.52. The molecule has 4 nitrogen and oxygen atoms in total. The number of pyridine rings is 1. The molecule has 4 heteroatoms. The first-order valence-electron chi connectivity index (χ1n) is 7.29. The van der Waals surface area contributed by atoms with Crippen molar-refractivity contribution in [2.75, 3.05) is 11.9 Å². The minimum absolute atomic E-state index is 0.00763. The van der Waals surface area contributed by atoms with Crippen LogP contribution in [0.5, 0.6) is 0 Å². The van der Waals surface area contributed by atoms with Crippen molar-refractivity contribution in [3.8, 4) is 0 Å². The number of rotatable bonds is 3. The van der Waals surface area contributed by atoms with Crippen molar-refractivity contribution in [2.24, 2.45) is 0 Å². The van der Waals surface area contributed by atoms with E-state index in [1.807, 2.05) is 37.4 Å². The normalized spacial score (nSPS) is 13.2. The molecular formula is C17H19N3O. The maximum atomic E-state index is 12.4. The molecule has 0 fully saturated rings. The number of hydrogen-bond acceptors (Lipinski definition) is 3. The van der Waals surface area contributed by atoms with Gasteiger partial charge in [-0.3, -0.25) is 9.78 Å². The molecule has 0 radical (unpaired) electrons. The monoisotopic (exact) mass is 281 g/mol. The van der Waals surface area contributed by atoms with Crippen LogP contribution >= 0.6 is 0 Å². The molecule has 2 N–H and O–H groups in total. The molecule has 108 valence electrons. The third kappa shape index (κ3) is 2.89. The molecule has 0 unspecified atom stereocenters. The zero-order valence-electron chi connectivity index (χ0n) is 12.1. The molecule has 1 aliphatic heterocycles. The predicted molar refractivity (Wildman–Crippen MR) is 83.4 cm³/mol. The summed E-state index contributed by atoms with van der Waals surface area (Å²) in [5.74, 6) is -0.00763. The average molecular weight is 281 g/mol. The summed E-state index contributed by atoms with van der Waals surface area (Å²) in [5.41, 5.74) is 5.20. The number of amides is 1. The Bertz CT molecular complexity index is 667. The second-order valence-electron chi connectivity index (χ2n) is 5.35. The first kappa shape index (κ1) is 13.6. The van der Waals surface area contributed by atoms with Gasteiger partial charge in [-0.05, 0) is 54.7 Å². The number of carbonyl (C=O) groups is 1. The van der Waals surface area contributed by atoms with Crippen LogP contribution in [0.4, 0.5) is 5.69 Å². The molecule has 1 aromatic carbocycles. The number of benzene rings is 1. The molecule has 0 spiro atoms. The average Bonchev–Trinajstić information content (AvgIpc) is 2.53. The Balaban J connectivity index is 1.76. The number of carbonyl (C=O) groups excluding carboxylic acids is 1. The van der Waals surface area contributed by atoms with E-state index in [4.69, 9.17) is 0 Å². The Hall–Kier alpha value is -2.36. The molecule has 1 aliphatic rings. The van der Waals surface area contributed by atoms with Gasteiger partial charge in [-0.15, -0.1) is 0 Å². The highest BCUT2D eigenvalue weighted by molar-refractivity contribution is 5.97. The molecule has 21 heavy (non-hydrogen) atoms. The molecule has 3 rings (SSSR count). The third-order valence-electron chi connectivity index (χ3n) is 3.92. The highest BCUT2D eigenvalue weighted by Crippen LogP contribution is 2.25. The van der Waals surface area contributed by atoms with Gasteiger partial charge in [-0.2, -0.15) is 0 Å². The number of nitrogens with zero attached hydrogens (tertiary/aromatic N) is 1. The summed E-state index contributed by atoms with van der Waals surface area (Å²) < 4.78 is 0. The van der Waals surface area contributed by atoms with Gasteiger partial charge in [0.1, 0.15) is 0 Å². The van der Waals surface area contributed by atoms with Gasteiger partial charge in [0.2, 0.25) is 0 Å². The van der Waals surface area contributed by atoms with Gasteiger partial charge in [0.05, 0.1) is 0 Å². The lowest BCUT2D eigenvalue weighted by molar-refractivity contribution is 0.0950. The highest BCUT2D eigenvalue weighted by atomic mass is 16.1. The number of nitrogens with one attached hydrogen (secondary N) is 2. The van der Waals surface area contributed by atoms with Gasteiger partial charge in [0, 0.05) is 36.7 Å². The molecule has 1 amide bonds. The molecule has 0 atom stereocenters. The van der Waals surface area contributed by atoms with Crippen molar-refractivity contribution >= 4 is 11.6 Å². The van der Waals surface area contributed by atoms with Crippen LogP contribution < -0.4 is 10.6 Å². The van der Waals surface area contributed by atoms with E-state index < -0.39 is 0 Å². The zero-order valence-corrected chi connectivity index (χ0v) is 12.1. The Morgan fingerprint density at radius 1 is 1.38 bits per heavy atom.